The molecule has 0 radical (unpaired) electrons. The first-order valence-corrected chi connectivity index (χ1v) is 11.2. The second-order valence-electron chi connectivity index (χ2n) is 9.06. The molecule has 8 heteroatoms. The Kier molecular flexibility index (Phi) is 7.27. The van der Waals surface area contributed by atoms with Crippen LogP contribution in [0.15, 0.2) is 29.8 Å². The SMILES string of the molecule is Cc1nn(C)c(C)c1C(O)=C1C(=O)C(=O)N(CCCN(C)C)[C@@H]1c1cccc(OC(C)C)c1. The van der Waals surface area contributed by atoms with E-state index in [1.807, 2.05) is 64.0 Å². The van der Waals surface area contributed by atoms with Crippen LogP contribution in [0.25, 0.3) is 5.76 Å². The third-order valence-electron chi connectivity index (χ3n) is 5.84. The first-order valence-electron chi connectivity index (χ1n) is 11.2. The van der Waals surface area contributed by atoms with Crippen LogP contribution in [0, 0.1) is 13.8 Å². The summed E-state index contributed by atoms with van der Waals surface area (Å²) in [5.41, 5.74) is 2.62. The number of hydrogen-bond acceptors (Lipinski definition) is 6. The van der Waals surface area contributed by atoms with E-state index in [0.29, 0.717) is 30.0 Å². The van der Waals surface area contributed by atoms with Gasteiger partial charge in [-0.3, -0.25) is 14.3 Å². The van der Waals surface area contributed by atoms with Crippen LogP contribution in [0.1, 0.15) is 48.8 Å². The number of aliphatic hydroxyl groups is 1. The molecule has 1 aliphatic heterocycles. The molecule has 2 heterocycles. The zero-order chi connectivity index (χ0) is 24.4. The molecule has 0 bridgehead atoms. The van der Waals surface area contributed by atoms with Crippen molar-refractivity contribution in [2.45, 2.75) is 46.3 Å². The van der Waals surface area contributed by atoms with Crippen molar-refractivity contribution in [1.82, 2.24) is 19.6 Å². The van der Waals surface area contributed by atoms with Gasteiger partial charge >= 0.3 is 0 Å². The van der Waals surface area contributed by atoms with Crippen molar-refractivity contribution in [3.05, 3.63) is 52.4 Å². The van der Waals surface area contributed by atoms with E-state index in [2.05, 4.69) is 5.10 Å². The molecule has 2 aromatic rings. The van der Waals surface area contributed by atoms with Crippen molar-refractivity contribution in [2.24, 2.45) is 7.05 Å². The molecule has 8 nitrogen and oxygen atoms in total. The van der Waals surface area contributed by atoms with E-state index in [1.165, 1.54) is 0 Å². The fourth-order valence-corrected chi connectivity index (χ4v) is 4.30. The average Bonchev–Trinajstić information content (AvgIpc) is 3.13. The zero-order valence-corrected chi connectivity index (χ0v) is 20.5. The number of hydrogen-bond donors (Lipinski definition) is 1. The van der Waals surface area contributed by atoms with E-state index in [9.17, 15) is 14.7 Å². The van der Waals surface area contributed by atoms with Crippen LogP contribution < -0.4 is 4.74 Å². The Morgan fingerprint density at radius 3 is 2.52 bits per heavy atom. The van der Waals surface area contributed by atoms with E-state index in [4.69, 9.17) is 4.74 Å². The van der Waals surface area contributed by atoms with Gasteiger partial charge in [0.1, 0.15) is 11.5 Å². The van der Waals surface area contributed by atoms with E-state index in [0.717, 1.165) is 17.8 Å². The molecule has 3 rings (SSSR count). The van der Waals surface area contributed by atoms with Gasteiger partial charge in [-0.05, 0) is 72.5 Å². The summed E-state index contributed by atoms with van der Waals surface area (Å²) >= 11 is 0. The molecular weight excluding hydrogens is 420 g/mol. The lowest BCUT2D eigenvalue weighted by molar-refractivity contribution is -0.139. The number of aryl methyl sites for hydroxylation is 2. The molecule has 1 atom stereocenters. The largest absolute Gasteiger partial charge is 0.507 e. The van der Waals surface area contributed by atoms with E-state index in [1.54, 1.807) is 23.6 Å². The zero-order valence-electron chi connectivity index (χ0n) is 20.5. The molecule has 178 valence electrons. The number of aliphatic hydroxyl groups excluding tert-OH is 1. The minimum atomic E-state index is -0.707. The Bertz CT molecular complexity index is 1080. The van der Waals surface area contributed by atoms with Gasteiger partial charge in [-0.15, -0.1) is 0 Å². The van der Waals surface area contributed by atoms with Crippen LogP contribution in [0.3, 0.4) is 0 Å². The molecule has 1 amide bonds. The standard InChI is InChI=1S/C25H34N4O4/c1-15(2)33-19-11-8-10-18(14-19)22-21(23(30)20-16(3)26-28(7)17(20)4)24(31)25(32)29(22)13-9-12-27(5)6/h8,10-11,14-15,22,30H,9,12-13H2,1-7H3/t22-/m1/s1. The monoisotopic (exact) mass is 454 g/mol. The smallest absolute Gasteiger partial charge is 0.295 e. The molecule has 1 aromatic heterocycles. The Labute approximate surface area is 195 Å². The Morgan fingerprint density at radius 1 is 1.24 bits per heavy atom. The predicted octanol–water partition coefficient (Wildman–Crippen LogP) is 3.20. The summed E-state index contributed by atoms with van der Waals surface area (Å²) in [6.45, 7) is 8.65. The minimum Gasteiger partial charge on any atom is -0.507 e. The summed E-state index contributed by atoms with van der Waals surface area (Å²) in [6.07, 6.45) is 0.677. The number of likely N-dealkylation sites (tertiary alicyclic amines) is 1. The van der Waals surface area contributed by atoms with Crippen molar-refractivity contribution < 1.29 is 19.4 Å². The molecule has 33 heavy (non-hydrogen) atoms. The molecule has 0 aliphatic carbocycles. The Hall–Kier alpha value is -3.13. The number of Topliss-reactive ketones (excluding diaryl/α,β-unsaturated/α-hetero) is 1. The Morgan fingerprint density at radius 2 is 1.94 bits per heavy atom. The maximum atomic E-state index is 13.2. The van der Waals surface area contributed by atoms with E-state index < -0.39 is 17.7 Å². The highest BCUT2D eigenvalue weighted by Gasteiger charge is 2.46. The lowest BCUT2D eigenvalue weighted by Crippen LogP contribution is -2.32. The van der Waals surface area contributed by atoms with E-state index >= 15 is 0 Å². The molecule has 1 aliphatic rings. The number of rotatable bonds is 8. The van der Waals surface area contributed by atoms with Crippen LogP contribution in [0.4, 0.5) is 0 Å². The van der Waals surface area contributed by atoms with Gasteiger partial charge in [-0.2, -0.15) is 5.10 Å². The van der Waals surface area contributed by atoms with Crippen LogP contribution in [0.2, 0.25) is 0 Å². The van der Waals surface area contributed by atoms with Gasteiger partial charge in [0.2, 0.25) is 0 Å². The number of carbonyl (C=O) groups is 2. The summed E-state index contributed by atoms with van der Waals surface area (Å²) in [5.74, 6) is -0.822. The highest BCUT2D eigenvalue weighted by molar-refractivity contribution is 6.46. The normalized spacial score (nSPS) is 18.1. The molecule has 1 fully saturated rings. The third kappa shape index (κ3) is 4.95. The molecular formula is C25H34N4O4. The highest BCUT2D eigenvalue weighted by atomic mass is 16.5. The third-order valence-corrected chi connectivity index (χ3v) is 5.84. The highest BCUT2D eigenvalue weighted by Crippen LogP contribution is 2.41. The number of amides is 1. The number of ketones is 1. The molecule has 0 saturated carbocycles. The number of nitrogens with zero attached hydrogens (tertiary/aromatic N) is 4. The van der Waals surface area contributed by atoms with Crippen molar-refractivity contribution in [3.8, 4) is 5.75 Å². The maximum Gasteiger partial charge on any atom is 0.295 e. The molecule has 1 aromatic carbocycles. The summed E-state index contributed by atoms with van der Waals surface area (Å²) in [6, 6.07) is 6.68. The van der Waals surface area contributed by atoms with Gasteiger partial charge in [0.15, 0.2) is 0 Å². The topological polar surface area (TPSA) is 87.9 Å². The molecule has 0 unspecified atom stereocenters. The summed E-state index contributed by atoms with van der Waals surface area (Å²) in [4.78, 5) is 29.9. The van der Waals surface area contributed by atoms with Crippen LogP contribution in [-0.4, -0.2) is 69.7 Å². The average molecular weight is 455 g/mol. The van der Waals surface area contributed by atoms with Gasteiger partial charge in [-0.25, -0.2) is 0 Å². The molecule has 1 N–H and O–H groups in total. The second-order valence-corrected chi connectivity index (χ2v) is 9.06. The lowest BCUT2D eigenvalue weighted by atomic mass is 9.94. The quantitative estimate of drug-likeness (QED) is 0.374. The number of ether oxygens (including phenoxy) is 1. The van der Waals surface area contributed by atoms with Gasteiger partial charge in [0.25, 0.3) is 11.7 Å². The first-order chi connectivity index (χ1) is 15.5. The van der Waals surface area contributed by atoms with Gasteiger partial charge in [0.05, 0.1) is 29.0 Å². The molecule has 0 spiro atoms. The summed E-state index contributed by atoms with van der Waals surface area (Å²) < 4.78 is 7.51. The van der Waals surface area contributed by atoms with Crippen LogP contribution in [0.5, 0.6) is 5.75 Å². The fourth-order valence-electron chi connectivity index (χ4n) is 4.30. The maximum absolute atomic E-state index is 13.2. The predicted molar refractivity (Wildman–Crippen MR) is 127 cm³/mol. The number of benzene rings is 1. The van der Waals surface area contributed by atoms with Crippen LogP contribution in [-0.2, 0) is 16.6 Å². The fraction of sp³-hybridized carbons (Fsp3) is 0.480. The second kappa shape index (κ2) is 9.79. The number of aromatic nitrogens is 2. The van der Waals surface area contributed by atoms with Gasteiger partial charge in [0, 0.05) is 19.3 Å². The number of carbonyl (C=O) groups excluding carboxylic acids is 2. The minimum absolute atomic E-state index is 0.0209. The summed E-state index contributed by atoms with van der Waals surface area (Å²) in [5, 5.41) is 15.7. The van der Waals surface area contributed by atoms with E-state index in [-0.39, 0.29) is 17.4 Å². The van der Waals surface area contributed by atoms with Crippen molar-refractivity contribution >= 4 is 17.4 Å². The van der Waals surface area contributed by atoms with Crippen molar-refractivity contribution in [2.75, 3.05) is 27.2 Å². The Balaban J connectivity index is 2.16. The van der Waals surface area contributed by atoms with Crippen LogP contribution >= 0.6 is 0 Å². The van der Waals surface area contributed by atoms with Crippen molar-refractivity contribution in [3.63, 3.8) is 0 Å². The van der Waals surface area contributed by atoms with Gasteiger partial charge < -0.3 is 19.6 Å². The van der Waals surface area contributed by atoms with Crippen molar-refractivity contribution in [1.29, 1.82) is 0 Å². The van der Waals surface area contributed by atoms with Gasteiger partial charge in [-0.1, -0.05) is 12.1 Å². The first kappa shape index (κ1) is 24.5. The summed E-state index contributed by atoms with van der Waals surface area (Å²) in [7, 11) is 5.71. The molecule has 1 saturated heterocycles. The lowest BCUT2D eigenvalue weighted by Gasteiger charge is -2.26.